The van der Waals surface area contributed by atoms with Crippen molar-refractivity contribution < 1.29 is 23.7 Å². The van der Waals surface area contributed by atoms with Crippen LogP contribution >= 0.6 is 11.5 Å². The Bertz CT molecular complexity index is 947. The first kappa shape index (κ1) is 19.4. The van der Waals surface area contributed by atoms with E-state index in [4.69, 9.17) is 18.9 Å². The Balaban J connectivity index is 1.81. The highest BCUT2D eigenvalue weighted by atomic mass is 32.1. The van der Waals surface area contributed by atoms with Crippen molar-refractivity contribution in [2.45, 2.75) is 0 Å². The van der Waals surface area contributed by atoms with Crippen LogP contribution in [0, 0.1) is 0 Å². The van der Waals surface area contributed by atoms with E-state index in [1.54, 1.807) is 19.2 Å². The van der Waals surface area contributed by atoms with Crippen LogP contribution in [0.1, 0.15) is 10.4 Å². The molecule has 0 atom stereocenters. The topological polar surface area (TPSA) is 91.8 Å². The number of amides is 1. The summed E-state index contributed by atoms with van der Waals surface area (Å²) in [5.41, 5.74) is 1.17. The maximum absolute atomic E-state index is 12.6. The van der Waals surface area contributed by atoms with Crippen molar-refractivity contribution in [1.29, 1.82) is 0 Å². The number of nitrogens with one attached hydrogen (secondary N) is 1. The predicted octanol–water partition coefficient (Wildman–Crippen LogP) is 3.49. The molecule has 28 heavy (non-hydrogen) atoms. The molecule has 3 rings (SSSR count). The first-order valence-corrected chi connectivity index (χ1v) is 8.96. The van der Waals surface area contributed by atoms with Crippen LogP contribution in [0.25, 0.3) is 11.4 Å². The molecule has 1 aromatic heterocycles. The van der Waals surface area contributed by atoms with Gasteiger partial charge in [-0.1, -0.05) is 0 Å². The van der Waals surface area contributed by atoms with E-state index in [2.05, 4.69) is 14.7 Å². The predicted molar refractivity (Wildman–Crippen MR) is 106 cm³/mol. The molecule has 0 unspecified atom stereocenters. The first-order chi connectivity index (χ1) is 13.6. The van der Waals surface area contributed by atoms with Crippen molar-refractivity contribution in [2.24, 2.45) is 0 Å². The molecule has 0 saturated heterocycles. The highest BCUT2D eigenvalue weighted by Crippen LogP contribution is 2.38. The summed E-state index contributed by atoms with van der Waals surface area (Å²) in [5.74, 6) is 2.10. The molecule has 0 aliphatic carbocycles. The Morgan fingerprint density at radius 1 is 0.929 bits per heavy atom. The van der Waals surface area contributed by atoms with Crippen LogP contribution in [0.4, 0.5) is 5.13 Å². The second-order valence-electron chi connectivity index (χ2n) is 5.52. The van der Waals surface area contributed by atoms with E-state index < -0.39 is 0 Å². The van der Waals surface area contributed by atoms with E-state index in [0.29, 0.717) is 33.8 Å². The summed E-state index contributed by atoms with van der Waals surface area (Å²) in [7, 11) is 6.09. The Hall–Kier alpha value is -3.33. The molecule has 1 heterocycles. The Kier molecular flexibility index (Phi) is 5.95. The number of anilines is 1. The standard InChI is InChI=1S/C19H19N3O5S/c1-24-13-7-5-11(6-8-13)17-20-19(28-22-17)21-18(23)12-9-14(25-2)16(27-4)15(10-12)26-3/h5-10H,1-4H3,(H,20,21,22,23). The Morgan fingerprint density at radius 3 is 2.11 bits per heavy atom. The minimum Gasteiger partial charge on any atom is -0.497 e. The molecule has 0 saturated carbocycles. The van der Waals surface area contributed by atoms with Gasteiger partial charge in [0.05, 0.1) is 28.4 Å². The molecular weight excluding hydrogens is 382 g/mol. The van der Waals surface area contributed by atoms with Gasteiger partial charge in [0.15, 0.2) is 17.3 Å². The third kappa shape index (κ3) is 3.99. The average Bonchev–Trinajstić information content (AvgIpc) is 3.20. The van der Waals surface area contributed by atoms with Crippen LogP contribution in [0.15, 0.2) is 36.4 Å². The van der Waals surface area contributed by atoms with Crippen molar-refractivity contribution >= 4 is 22.6 Å². The minimum atomic E-state index is -0.364. The van der Waals surface area contributed by atoms with Crippen molar-refractivity contribution in [3.63, 3.8) is 0 Å². The largest absolute Gasteiger partial charge is 0.497 e. The van der Waals surface area contributed by atoms with Crippen LogP contribution in [0.2, 0.25) is 0 Å². The number of ether oxygens (including phenoxy) is 4. The summed E-state index contributed by atoms with van der Waals surface area (Å²) in [6.07, 6.45) is 0. The van der Waals surface area contributed by atoms with Gasteiger partial charge in [-0.15, -0.1) is 0 Å². The fraction of sp³-hybridized carbons (Fsp3) is 0.211. The monoisotopic (exact) mass is 401 g/mol. The molecule has 0 bridgehead atoms. The molecule has 8 nitrogen and oxygen atoms in total. The number of hydrogen-bond donors (Lipinski definition) is 1. The average molecular weight is 401 g/mol. The third-order valence-electron chi connectivity index (χ3n) is 3.92. The van der Waals surface area contributed by atoms with Gasteiger partial charge < -0.3 is 18.9 Å². The SMILES string of the molecule is COc1ccc(-c2nsc(NC(=O)c3cc(OC)c(OC)c(OC)c3)n2)cc1. The van der Waals surface area contributed by atoms with E-state index in [1.165, 1.54) is 21.3 Å². The lowest BCUT2D eigenvalue weighted by atomic mass is 10.1. The van der Waals surface area contributed by atoms with Crippen LogP contribution in [0.5, 0.6) is 23.0 Å². The summed E-state index contributed by atoms with van der Waals surface area (Å²) in [6.45, 7) is 0. The summed E-state index contributed by atoms with van der Waals surface area (Å²) in [6, 6.07) is 10.5. The van der Waals surface area contributed by atoms with E-state index in [0.717, 1.165) is 22.8 Å². The lowest BCUT2D eigenvalue weighted by Crippen LogP contribution is -2.12. The lowest BCUT2D eigenvalue weighted by molar-refractivity contribution is 0.102. The van der Waals surface area contributed by atoms with E-state index in [-0.39, 0.29) is 5.91 Å². The molecule has 0 spiro atoms. The number of methoxy groups -OCH3 is 4. The van der Waals surface area contributed by atoms with Gasteiger partial charge in [0.25, 0.3) is 5.91 Å². The van der Waals surface area contributed by atoms with E-state index >= 15 is 0 Å². The summed E-state index contributed by atoms with van der Waals surface area (Å²) in [4.78, 5) is 17.0. The zero-order chi connectivity index (χ0) is 20.1. The smallest absolute Gasteiger partial charge is 0.257 e. The summed E-state index contributed by atoms with van der Waals surface area (Å²) in [5, 5.41) is 3.12. The maximum Gasteiger partial charge on any atom is 0.257 e. The van der Waals surface area contributed by atoms with Gasteiger partial charge in [-0.05, 0) is 36.4 Å². The number of benzene rings is 2. The molecule has 0 radical (unpaired) electrons. The molecule has 0 aliphatic heterocycles. The first-order valence-electron chi connectivity index (χ1n) is 8.19. The van der Waals surface area contributed by atoms with Crippen LogP contribution < -0.4 is 24.3 Å². The van der Waals surface area contributed by atoms with Crippen molar-refractivity contribution in [2.75, 3.05) is 33.8 Å². The highest BCUT2D eigenvalue weighted by molar-refractivity contribution is 7.10. The van der Waals surface area contributed by atoms with E-state index in [1.807, 2.05) is 24.3 Å². The number of nitrogens with zero attached hydrogens (tertiary/aromatic N) is 2. The molecule has 0 fully saturated rings. The molecule has 1 amide bonds. The second-order valence-corrected chi connectivity index (χ2v) is 6.27. The van der Waals surface area contributed by atoms with Gasteiger partial charge in [-0.3, -0.25) is 10.1 Å². The molecule has 9 heteroatoms. The van der Waals surface area contributed by atoms with Crippen molar-refractivity contribution in [3.05, 3.63) is 42.0 Å². The second kappa shape index (κ2) is 8.57. The number of carbonyl (C=O) groups excluding carboxylic acids is 1. The van der Waals surface area contributed by atoms with Gasteiger partial charge in [-0.2, -0.15) is 9.36 Å². The minimum absolute atomic E-state index is 0.343. The molecule has 2 aromatic carbocycles. The number of carbonyl (C=O) groups is 1. The maximum atomic E-state index is 12.6. The molecule has 0 aliphatic rings. The fourth-order valence-electron chi connectivity index (χ4n) is 2.51. The van der Waals surface area contributed by atoms with Crippen molar-refractivity contribution in [3.8, 4) is 34.4 Å². The normalized spacial score (nSPS) is 10.3. The number of rotatable bonds is 7. The quantitative estimate of drug-likeness (QED) is 0.648. The van der Waals surface area contributed by atoms with Gasteiger partial charge >= 0.3 is 0 Å². The van der Waals surface area contributed by atoms with Crippen LogP contribution in [0.3, 0.4) is 0 Å². The van der Waals surface area contributed by atoms with Crippen LogP contribution in [-0.4, -0.2) is 43.7 Å². The molecule has 146 valence electrons. The van der Waals surface area contributed by atoms with Gasteiger partial charge in [0, 0.05) is 22.7 Å². The Labute approximate surface area is 166 Å². The van der Waals surface area contributed by atoms with Gasteiger partial charge in [0.1, 0.15) is 5.75 Å². The Morgan fingerprint density at radius 2 is 1.57 bits per heavy atom. The van der Waals surface area contributed by atoms with Gasteiger partial charge in [0.2, 0.25) is 10.9 Å². The van der Waals surface area contributed by atoms with Gasteiger partial charge in [-0.25, -0.2) is 0 Å². The summed E-state index contributed by atoms with van der Waals surface area (Å²) < 4.78 is 25.3. The fourth-order valence-corrected chi connectivity index (χ4v) is 3.10. The van der Waals surface area contributed by atoms with E-state index in [9.17, 15) is 4.79 Å². The third-order valence-corrected chi connectivity index (χ3v) is 4.55. The molecule has 1 N–H and O–H groups in total. The zero-order valence-electron chi connectivity index (χ0n) is 15.8. The highest BCUT2D eigenvalue weighted by Gasteiger charge is 2.18. The van der Waals surface area contributed by atoms with Crippen molar-refractivity contribution in [1.82, 2.24) is 9.36 Å². The molecular formula is C19H19N3O5S. The number of hydrogen-bond acceptors (Lipinski definition) is 8. The molecule has 3 aromatic rings. The number of aromatic nitrogens is 2. The zero-order valence-corrected chi connectivity index (χ0v) is 16.6. The van der Waals surface area contributed by atoms with Crippen LogP contribution in [-0.2, 0) is 0 Å². The lowest BCUT2D eigenvalue weighted by Gasteiger charge is -2.13. The summed E-state index contributed by atoms with van der Waals surface area (Å²) >= 11 is 1.09.